The van der Waals surface area contributed by atoms with Crippen LogP contribution in [0, 0.1) is 5.92 Å². The maximum atomic E-state index is 4.46. The molecule has 1 aromatic carbocycles. The van der Waals surface area contributed by atoms with E-state index in [9.17, 15) is 0 Å². The van der Waals surface area contributed by atoms with Crippen LogP contribution < -0.4 is 5.32 Å². The predicted molar refractivity (Wildman–Crippen MR) is 143 cm³/mol. The number of nitrogens with zero attached hydrogens (tertiary/aromatic N) is 2. The van der Waals surface area contributed by atoms with Gasteiger partial charge in [-0.15, -0.1) is 0 Å². The van der Waals surface area contributed by atoms with Gasteiger partial charge in [-0.2, -0.15) is 0 Å². The molecule has 1 N–H and O–H groups in total. The molecule has 32 heavy (non-hydrogen) atoms. The summed E-state index contributed by atoms with van der Waals surface area (Å²) in [5, 5.41) is 4.81. The molecule has 0 saturated carbocycles. The van der Waals surface area contributed by atoms with Gasteiger partial charge in [0.2, 0.25) is 0 Å². The lowest BCUT2D eigenvalue weighted by Crippen LogP contribution is -2.17. The van der Waals surface area contributed by atoms with E-state index in [0.717, 1.165) is 35.5 Å². The molecule has 1 unspecified atom stereocenters. The Bertz CT molecular complexity index is 1060. The van der Waals surface area contributed by atoms with Crippen molar-refractivity contribution in [2.45, 2.75) is 34.1 Å². The Labute approximate surface area is 194 Å². The molecule has 0 spiro atoms. The SMILES string of the molecule is C=CC(=C\N(C)CC)/C(=C/CC)C1C=CC=C(Nc2ccc3c(ccn3C)c2)C1=C.CC. The van der Waals surface area contributed by atoms with Crippen molar-refractivity contribution in [1.82, 2.24) is 9.47 Å². The summed E-state index contributed by atoms with van der Waals surface area (Å²) in [5.41, 5.74) is 6.80. The first-order valence-electron chi connectivity index (χ1n) is 11.6. The fourth-order valence-electron chi connectivity index (χ4n) is 3.80. The Morgan fingerprint density at radius 1 is 1.22 bits per heavy atom. The summed E-state index contributed by atoms with van der Waals surface area (Å²) in [6.45, 7) is 17.8. The number of aryl methyl sites for hydroxylation is 1. The van der Waals surface area contributed by atoms with E-state index in [4.69, 9.17) is 0 Å². The predicted octanol–water partition coefficient (Wildman–Crippen LogP) is 7.60. The van der Waals surface area contributed by atoms with Crippen LogP contribution in [0.4, 0.5) is 5.69 Å². The molecule has 3 heteroatoms. The second-order valence-corrected chi connectivity index (χ2v) is 7.72. The van der Waals surface area contributed by atoms with E-state index in [0.29, 0.717) is 0 Å². The van der Waals surface area contributed by atoms with Crippen molar-refractivity contribution in [2.75, 3.05) is 18.9 Å². The molecule has 0 fully saturated rings. The summed E-state index contributed by atoms with van der Waals surface area (Å²) in [7, 11) is 4.16. The Kier molecular flexibility index (Phi) is 9.39. The number of benzene rings is 1. The fourth-order valence-corrected chi connectivity index (χ4v) is 3.80. The molecule has 0 amide bonds. The van der Waals surface area contributed by atoms with E-state index >= 15 is 0 Å². The van der Waals surface area contributed by atoms with Gasteiger partial charge in [0.25, 0.3) is 0 Å². The zero-order valence-corrected chi connectivity index (χ0v) is 20.7. The van der Waals surface area contributed by atoms with Gasteiger partial charge < -0.3 is 14.8 Å². The quantitative estimate of drug-likeness (QED) is 0.436. The van der Waals surface area contributed by atoms with Gasteiger partial charge in [-0.1, -0.05) is 58.2 Å². The Balaban J connectivity index is 0.00000176. The zero-order chi connectivity index (χ0) is 23.7. The molecule has 0 radical (unpaired) electrons. The van der Waals surface area contributed by atoms with Crippen LogP contribution in [0.3, 0.4) is 0 Å². The van der Waals surface area contributed by atoms with Crippen LogP contribution in [-0.2, 0) is 7.05 Å². The maximum Gasteiger partial charge on any atom is 0.0479 e. The summed E-state index contributed by atoms with van der Waals surface area (Å²) in [6, 6.07) is 8.60. The second-order valence-electron chi connectivity index (χ2n) is 7.72. The summed E-state index contributed by atoms with van der Waals surface area (Å²) in [6.07, 6.45) is 15.9. The molecule has 3 nitrogen and oxygen atoms in total. The van der Waals surface area contributed by atoms with Crippen LogP contribution in [0.15, 0.2) is 103 Å². The van der Waals surface area contributed by atoms with Crippen LogP contribution in [0.5, 0.6) is 0 Å². The van der Waals surface area contributed by atoms with Crippen molar-refractivity contribution in [3.05, 3.63) is 103 Å². The average Bonchev–Trinajstić information content (AvgIpc) is 3.19. The largest absolute Gasteiger partial charge is 0.380 e. The molecule has 170 valence electrons. The Morgan fingerprint density at radius 2 is 1.97 bits per heavy atom. The lowest BCUT2D eigenvalue weighted by Gasteiger charge is -2.27. The molecule has 1 aliphatic rings. The normalized spacial score (nSPS) is 16.4. The summed E-state index contributed by atoms with van der Waals surface area (Å²) >= 11 is 0. The maximum absolute atomic E-state index is 4.46. The summed E-state index contributed by atoms with van der Waals surface area (Å²) in [4.78, 5) is 2.18. The van der Waals surface area contributed by atoms with Gasteiger partial charge in [0, 0.05) is 61.2 Å². The molecule has 1 aromatic heterocycles. The number of rotatable bonds is 8. The lowest BCUT2D eigenvalue weighted by molar-refractivity contribution is 0.481. The van der Waals surface area contributed by atoms with Gasteiger partial charge >= 0.3 is 0 Å². The number of anilines is 1. The van der Waals surface area contributed by atoms with E-state index in [1.54, 1.807) is 0 Å². The van der Waals surface area contributed by atoms with Gasteiger partial charge in [-0.05, 0) is 60.4 Å². The highest BCUT2D eigenvalue weighted by Crippen LogP contribution is 2.35. The molecule has 0 bridgehead atoms. The zero-order valence-electron chi connectivity index (χ0n) is 20.7. The monoisotopic (exact) mass is 429 g/mol. The van der Waals surface area contributed by atoms with Crippen molar-refractivity contribution in [3.8, 4) is 0 Å². The molecule has 1 aliphatic carbocycles. The average molecular weight is 430 g/mol. The molecule has 1 atom stereocenters. The standard InChI is InChI=1S/C27H33N3.C2H6/c1-7-11-25(21(8-2)19-29(5)9-3)24-12-10-13-26(20(24)4)28-23-14-15-27-22(18-23)16-17-30(27)6;1-2/h8,10-19,24,28H,2,4,7,9H2,1,3,5-6H3;1-2H3/b21-19+,25-11-;. The summed E-state index contributed by atoms with van der Waals surface area (Å²) < 4.78 is 2.13. The minimum absolute atomic E-state index is 0.118. The third-order valence-electron chi connectivity index (χ3n) is 5.62. The minimum atomic E-state index is 0.118. The van der Waals surface area contributed by atoms with Crippen molar-refractivity contribution < 1.29 is 0 Å². The van der Waals surface area contributed by atoms with Gasteiger partial charge in [-0.25, -0.2) is 0 Å². The van der Waals surface area contributed by atoms with E-state index in [2.05, 4.69) is 117 Å². The van der Waals surface area contributed by atoms with Crippen LogP contribution in [0.2, 0.25) is 0 Å². The third kappa shape index (κ3) is 5.73. The number of aromatic nitrogens is 1. The molecule has 0 saturated heterocycles. The molecular formula is C29H39N3. The minimum Gasteiger partial charge on any atom is -0.380 e. The fraction of sp³-hybridized carbons (Fsp3) is 0.310. The number of hydrogen-bond donors (Lipinski definition) is 1. The van der Waals surface area contributed by atoms with Crippen LogP contribution in [0.1, 0.15) is 34.1 Å². The molecule has 2 aromatic rings. The van der Waals surface area contributed by atoms with Crippen LogP contribution >= 0.6 is 0 Å². The van der Waals surface area contributed by atoms with Crippen molar-refractivity contribution in [3.63, 3.8) is 0 Å². The van der Waals surface area contributed by atoms with Gasteiger partial charge in [0.1, 0.15) is 0 Å². The molecular weight excluding hydrogens is 390 g/mol. The lowest BCUT2D eigenvalue weighted by atomic mass is 9.82. The Morgan fingerprint density at radius 3 is 2.62 bits per heavy atom. The highest BCUT2D eigenvalue weighted by Gasteiger charge is 2.22. The number of allylic oxidation sites excluding steroid dienone is 8. The number of fused-ring (bicyclic) bond motifs is 1. The highest BCUT2D eigenvalue weighted by molar-refractivity contribution is 5.84. The second kappa shape index (κ2) is 12.0. The first-order chi connectivity index (χ1) is 15.5. The van der Waals surface area contributed by atoms with E-state index in [-0.39, 0.29) is 5.92 Å². The molecule has 3 rings (SSSR count). The highest BCUT2D eigenvalue weighted by atomic mass is 15.1. The topological polar surface area (TPSA) is 20.2 Å². The summed E-state index contributed by atoms with van der Waals surface area (Å²) in [5.74, 6) is 0.118. The van der Waals surface area contributed by atoms with Gasteiger partial charge in [0.05, 0.1) is 0 Å². The van der Waals surface area contributed by atoms with Crippen LogP contribution in [-0.4, -0.2) is 23.1 Å². The van der Waals surface area contributed by atoms with Crippen molar-refractivity contribution >= 4 is 16.6 Å². The van der Waals surface area contributed by atoms with Gasteiger partial charge in [-0.3, -0.25) is 0 Å². The number of hydrogen-bond acceptors (Lipinski definition) is 2. The molecule has 0 aliphatic heterocycles. The van der Waals surface area contributed by atoms with E-state index in [1.807, 2.05) is 19.9 Å². The van der Waals surface area contributed by atoms with Crippen LogP contribution in [0.25, 0.3) is 10.9 Å². The first kappa shape index (κ1) is 25.1. The van der Waals surface area contributed by atoms with E-state index in [1.165, 1.54) is 16.5 Å². The Hall–Kier alpha value is -3.20. The number of nitrogens with one attached hydrogen (secondary N) is 1. The molecule has 1 heterocycles. The van der Waals surface area contributed by atoms with Crippen molar-refractivity contribution in [2.24, 2.45) is 13.0 Å². The third-order valence-corrected chi connectivity index (χ3v) is 5.62. The van der Waals surface area contributed by atoms with Crippen molar-refractivity contribution in [1.29, 1.82) is 0 Å². The van der Waals surface area contributed by atoms with Gasteiger partial charge in [0.15, 0.2) is 0 Å². The van der Waals surface area contributed by atoms with E-state index < -0.39 is 0 Å². The first-order valence-corrected chi connectivity index (χ1v) is 11.6. The smallest absolute Gasteiger partial charge is 0.0479 e.